The van der Waals surface area contributed by atoms with Crippen LogP contribution in [0.15, 0.2) is 72.8 Å². The zero-order valence-corrected chi connectivity index (χ0v) is 23.9. The van der Waals surface area contributed by atoms with Crippen LogP contribution in [-0.4, -0.2) is 55.3 Å². The second kappa shape index (κ2) is 11.9. The molecule has 0 bridgehead atoms. The molecule has 0 saturated heterocycles. The van der Waals surface area contributed by atoms with Gasteiger partial charge < -0.3 is 23.7 Å². The summed E-state index contributed by atoms with van der Waals surface area (Å²) in [7, 11) is 7.53. The van der Waals surface area contributed by atoms with Crippen molar-refractivity contribution in [3.8, 4) is 68.5 Å². The quantitative estimate of drug-likeness (QED) is 0.186. The van der Waals surface area contributed by atoms with E-state index >= 15 is 0 Å². The summed E-state index contributed by atoms with van der Waals surface area (Å²) in [5, 5.41) is 4.69. The maximum atomic E-state index is 14.2. The van der Waals surface area contributed by atoms with Gasteiger partial charge in [0.15, 0.2) is 5.69 Å². The smallest absolute Gasteiger partial charge is 0.433 e. The summed E-state index contributed by atoms with van der Waals surface area (Å²) in [5.74, 6) is 2.18. The third kappa shape index (κ3) is 5.89. The molecule has 0 fully saturated rings. The van der Waals surface area contributed by atoms with Gasteiger partial charge >= 0.3 is 6.18 Å². The Balaban J connectivity index is 1.79. The molecule has 222 valence electrons. The van der Waals surface area contributed by atoms with Crippen molar-refractivity contribution in [3.63, 3.8) is 0 Å². The molecule has 2 heterocycles. The summed E-state index contributed by atoms with van der Waals surface area (Å²) < 4.78 is 70.8. The first kappa shape index (κ1) is 29.2. The number of halogens is 3. The van der Waals surface area contributed by atoms with Crippen LogP contribution in [0.4, 0.5) is 13.2 Å². The fraction of sp³-hybridized carbons (Fsp3) is 0.194. The Labute approximate surface area is 245 Å². The van der Waals surface area contributed by atoms with Crippen LogP contribution in [0.25, 0.3) is 39.7 Å². The molecule has 0 spiro atoms. The fourth-order valence-electron chi connectivity index (χ4n) is 4.46. The van der Waals surface area contributed by atoms with Gasteiger partial charge in [0.25, 0.3) is 5.95 Å². The molecular weight excluding hydrogens is 565 g/mol. The second-order valence-corrected chi connectivity index (χ2v) is 9.12. The number of ether oxygens (including phenoxy) is 5. The van der Waals surface area contributed by atoms with E-state index in [0.29, 0.717) is 56.8 Å². The highest BCUT2D eigenvalue weighted by Gasteiger charge is 2.34. The maximum absolute atomic E-state index is 14.2. The van der Waals surface area contributed by atoms with Gasteiger partial charge in [-0.2, -0.15) is 23.0 Å². The summed E-state index contributed by atoms with van der Waals surface area (Å²) in [6.07, 6.45) is -4.76. The van der Waals surface area contributed by atoms with Crippen LogP contribution < -0.4 is 23.7 Å². The zero-order chi connectivity index (χ0) is 30.7. The highest BCUT2D eigenvalue weighted by molar-refractivity contribution is 5.77. The number of alkyl halides is 3. The van der Waals surface area contributed by atoms with Crippen molar-refractivity contribution < 1.29 is 36.9 Å². The van der Waals surface area contributed by atoms with Crippen molar-refractivity contribution in [2.24, 2.45) is 0 Å². The molecule has 2 aromatic heterocycles. The third-order valence-corrected chi connectivity index (χ3v) is 6.66. The number of benzene rings is 3. The van der Waals surface area contributed by atoms with Gasteiger partial charge in [-0.05, 0) is 60.7 Å². The largest absolute Gasteiger partial charge is 0.497 e. The first-order chi connectivity index (χ1) is 20.7. The minimum Gasteiger partial charge on any atom is -0.497 e. The molecule has 43 heavy (non-hydrogen) atoms. The third-order valence-electron chi connectivity index (χ3n) is 6.66. The van der Waals surface area contributed by atoms with Gasteiger partial charge in [0.1, 0.15) is 28.7 Å². The van der Waals surface area contributed by atoms with Crippen LogP contribution >= 0.6 is 0 Å². The lowest BCUT2D eigenvalue weighted by Crippen LogP contribution is -2.14. The Morgan fingerprint density at radius 2 is 1.14 bits per heavy atom. The Hall–Kier alpha value is -5.26. The van der Waals surface area contributed by atoms with Gasteiger partial charge in [-0.1, -0.05) is 0 Å². The van der Waals surface area contributed by atoms with Crippen molar-refractivity contribution in [3.05, 3.63) is 78.5 Å². The molecule has 0 amide bonds. The van der Waals surface area contributed by atoms with Gasteiger partial charge in [0.05, 0.1) is 52.6 Å². The molecule has 5 aromatic rings. The van der Waals surface area contributed by atoms with E-state index in [-0.39, 0.29) is 11.6 Å². The monoisotopic (exact) mass is 592 g/mol. The van der Waals surface area contributed by atoms with Gasteiger partial charge in [-0.25, -0.2) is 9.97 Å². The molecule has 3 aromatic carbocycles. The van der Waals surface area contributed by atoms with E-state index in [0.717, 1.165) is 6.07 Å². The topological polar surface area (TPSA) is 89.8 Å². The average molecular weight is 593 g/mol. The van der Waals surface area contributed by atoms with Gasteiger partial charge in [-0.15, -0.1) is 0 Å². The number of rotatable bonds is 9. The van der Waals surface area contributed by atoms with E-state index in [1.807, 2.05) is 0 Å². The number of hydrogen-bond acceptors (Lipinski definition) is 8. The molecule has 0 aliphatic rings. The minimum atomic E-state index is -4.76. The molecule has 0 radical (unpaired) electrons. The Kier molecular flexibility index (Phi) is 8.11. The zero-order valence-electron chi connectivity index (χ0n) is 23.9. The van der Waals surface area contributed by atoms with Crippen molar-refractivity contribution in [1.82, 2.24) is 19.7 Å². The van der Waals surface area contributed by atoms with E-state index in [4.69, 9.17) is 28.8 Å². The van der Waals surface area contributed by atoms with Crippen molar-refractivity contribution in [2.45, 2.75) is 6.18 Å². The van der Waals surface area contributed by atoms with Crippen LogP contribution in [-0.2, 0) is 6.18 Å². The average Bonchev–Trinajstić information content (AvgIpc) is 3.48. The predicted octanol–water partition coefficient (Wildman–Crippen LogP) is 6.73. The maximum Gasteiger partial charge on any atom is 0.433 e. The van der Waals surface area contributed by atoms with Gasteiger partial charge in [0.2, 0.25) is 0 Å². The Morgan fingerprint density at radius 1 is 0.581 bits per heavy atom. The Bertz CT molecular complexity index is 1750. The lowest BCUT2D eigenvalue weighted by atomic mass is 10.1. The summed E-state index contributed by atoms with van der Waals surface area (Å²) in [6.45, 7) is 0. The molecule has 0 aliphatic heterocycles. The van der Waals surface area contributed by atoms with E-state index < -0.39 is 11.9 Å². The first-order valence-corrected chi connectivity index (χ1v) is 12.8. The molecule has 0 atom stereocenters. The number of methoxy groups -OCH3 is 5. The molecule has 9 nitrogen and oxygen atoms in total. The molecule has 12 heteroatoms. The SMILES string of the molecule is COc1ccc(-c2cc(C(F)(F)F)nc(-n3nc(-c4ccc(OC)cc4OC)cc3-c3ccc(OC)cc3OC)n2)cc1. The van der Waals surface area contributed by atoms with Gasteiger partial charge in [0, 0.05) is 28.8 Å². The lowest BCUT2D eigenvalue weighted by Gasteiger charge is -2.14. The molecule has 0 N–H and O–H groups in total. The van der Waals surface area contributed by atoms with Crippen LogP contribution in [0.3, 0.4) is 0 Å². The molecule has 0 aliphatic carbocycles. The van der Waals surface area contributed by atoms with Crippen molar-refractivity contribution in [1.29, 1.82) is 0 Å². The standard InChI is InChI=1S/C31H27F3N4O5/c1-39-19-8-6-18(7-9-19)24-17-29(31(32,33)34)36-30(35-24)38-26(23-13-11-21(41-3)15-28(23)43-5)16-25(37-38)22-12-10-20(40-2)14-27(22)42-4/h6-17H,1-5H3. The minimum absolute atomic E-state index is 0.0479. The highest BCUT2D eigenvalue weighted by Crippen LogP contribution is 2.40. The summed E-state index contributed by atoms with van der Waals surface area (Å²) >= 11 is 0. The molecule has 0 saturated carbocycles. The number of aromatic nitrogens is 4. The van der Waals surface area contributed by atoms with E-state index in [1.54, 1.807) is 66.7 Å². The fourth-order valence-corrected chi connectivity index (χ4v) is 4.46. The van der Waals surface area contributed by atoms with Crippen molar-refractivity contribution >= 4 is 0 Å². The predicted molar refractivity (Wildman–Crippen MR) is 153 cm³/mol. The summed E-state index contributed by atoms with van der Waals surface area (Å²) in [5.41, 5.74) is 1.19. The lowest BCUT2D eigenvalue weighted by molar-refractivity contribution is -0.141. The van der Waals surface area contributed by atoms with Crippen LogP contribution in [0, 0.1) is 0 Å². The molecule has 5 rings (SSSR count). The molecular formula is C31H27F3N4O5. The van der Waals surface area contributed by atoms with Crippen LogP contribution in [0.1, 0.15) is 5.69 Å². The normalized spacial score (nSPS) is 11.3. The van der Waals surface area contributed by atoms with E-state index in [9.17, 15) is 13.2 Å². The number of nitrogens with zero attached hydrogens (tertiary/aromatic N) is 4. The van der Waals surface area contributed by atoms with Crippen LogP contribution in [0.5, 0.6) is 28.7 Å². The second-order valence-electron chi connectivity index (χ2n) is 9.12. The van der Waals surface area contributed by atoms with Crippen molar-refractivity contribution in [2.75, 3.05) is 35.5 Å². The van der Waals surface area contributed by atoms with E-state index in [1.165, 1.54) is 40.2 Å². The summed E-state index contributed by atoms with van der Waals surface area (Å²) in [4.78, 5) is 8.44. The van der Waals surface area contributed by atoms with Gasteiger partial charge in [-0.3, -0.25) is 0 Å². The highest BCUT2D eigenvalue weighted by atomic mass is 19.4. The first-order valence-electron chi connectivity index (χ1n) is 12.8. The van der Waals surface area contributed by atoms with E-state index in [2.05, 4.69) is 9.97 Å². The Morgan fingerprint density at radius 3 is 1.70 bits per heavy atom. The van der Waals surface area contributed by atoms with Crippen LogP contribution in [0.2, 0.25) is 0 Å². The number of hydrogen-bond donors (Lipinski definition) is 0. The summed E-state index contributed by atoms with van der Waals surface area (Å²) in [6, 6.07) is 19.4. The molecule has 0 unspecified atom stereocenters.